The molecule has 0 aromatic heterocycles. The molecule has 1 atom stereocenters. The SMILES string of the molecule is CCOC(=O)C1(c2ccc(NC(=O)C3CCCN(Cc4ccccc4)C3)cc2)CC1. The summed E-state index contributed by atoms with van der Waals surface area (Å²) >= 11 is 0. The molecule has 1 unspecified atom stereocenters. The normalized spacial score (nSPS) is 20.4. The molecule has 0 spiro atoms. The molecule has 0 radical (unpaired) electrons. The van der Waals surface area contributed by atoms with Crippen LogP contribution in [0, 0.1) is 5.92 Å². The predicted octanol–water partition coefficient (Wildman–Crippen LogP) is 4.13. The molecule has 0 bridgehead atoms. The number of carbonyl (C=O) groups excluding carboxylic acids is 2. The second kappa shape index (κ2) is 9.00. The zero-order valence-electron chi connectivity index (χ0n) is 17.6. The maximum atomic E-state index is 12.8. The number of nitrogens with zero attached hydrogens (tertiary/aromatic N) is 1. The summed E-state index contributed by atoms with van der Waals surface area (Å²) in [6.07, 6.45) is 3.61. The Morgan fingerprint density at radius 1 is 1.10 bits per heavy atom. The van der Waals surface area contributed by atoms with Crippen molar-refractivity contribution in [2.24, 2.45) is 5.92 Å². The van der Waals surface area contributed by atoms with E-state index in [0.29, 0.717) is 6.61 Å². The van der Waals surface area contributed by atoms with Crippen LogP contribution in [0.25, 0.3) is 0 Å². The Hall–Kier alpha value is -2.66. The molecule has 5 heteroatoms. The highest BCUT2D eigenvalue weighted by molar-refractivity contribution is 5.93. The van der Waals surface area contributed by atoms with Crippen molar-refractivity contribution in [3.05, 3.63) is 65.7 Å². The van der Waals surface area contributed by atoms with Crippen molar-refractivity contribution >= 4 is 17.6 Å². The summed E-state index contributed by atoms with van der Waals surface area (Å²) < 4.78 is 5.24. The molecule has 2 aliphatic rings. The highest BCUT2D eigenvalue weighted by Gasteiger charge is 2.52. The van der Waals surface area contributed by atoms with Gasteiger partial charge < -0.3 is 10.1 Å². The van der Waals surface area contributed by atoms with Crippen LogP contribution in [0.5, 0.6) is 0 Å². The fourth-order valence-corrected chi connectivity index (χ4v) is 4.38. The topological polar surface area (TPSA) is 58.6 Å². The Morgan fingerprint density at radius 2 is 1.83 bits per heavy atom. The molecule has 158 valence electrons. The van der Waals surface area contributed by atoms with Crippen LogP contribution in [-0.2, 0) is 26.3 Å². The van der Waals surface area contributed by atoms with E-state index in [2.05, 4.69) is 34.5 Å². The highest BCUT2D eigenvalue weighted by atomic mass is 16.5. The van der Waals surface area contributed by atoms with E-state index < -0.39 is 5.41 Å². The van der Waals surface area contributed by atoms with Crippen molar-refractivity contribution in [1.29, 1.82) is 0 Å². The third-order valence-corrected chi connectivity index (χ3v) is 6.25. The average molecular weight is 407 g/mol. The Balaban J connectivity index is 1.34. The number of nitrogens with one attached hydrogen (secondary N) is 1. The molecule has 1 N–H and O–H groups in total. The zero-order valence-corrected chi connectivity index (χ0v) is 17.6. The van der Waals surface area contributed by atoms with Gasteiger partial charge in [-0.2, -0.15) is 0 Å². The minimum absolute atomic E-state index is 0.00329. The number of likely N-dealkylation sites (tertiary alicyclic amines) is 1. The summed E-state index contributed by atoms with van der Waals surface area (Å²) in [5.41, 5.74) is 2.57. The highest BCUT2D eigenvalue weighted by Crippen LogP contribution is 2.49. The number of benzene rings is 2. The van der Waals surface area contributed by atoms with Gasteiger partial charge in [0.2, 0.25) is 5.91 Å². The number of esters is 1. The minimum atomic E-state index is -0.472. The number of anilines is 1. The van der Waals surface area contributed by atoms with Gasteiger partial charge in [0.1, 0.15) is 0 Å². The van der Waals surface area contributed by atoms with Gasteiger partial charge in [-0.25, -0.2) is 0 Å². The predicted molar refractivity (Wildman–Crippen MR) is 117 cm³/mol. The van der Waals surface area contributed by atoms with Crippen LogP contribution >= 0.6 is 0 Å². The fraction of sp³-hybridized carbons (Fsp3) is 0.440. The van der Waals surface area contributed by atoms with Gasteiger partial charge in [-0.3, -0.25) is 14.5 Å². The van der Waals surface area contributed by atoms with Gasteiger partial charge in [-0.15, -0.1) is 0 Å². The van der Waals surface area contributed by atoms with E-state index in [1.54, 1.807) is 0 Å². The lowest BCUT2D eigenvalue weighted by Crippen LogP contribution is -2.40. The van der Waals surface area contributed by atoms with E-state index in [1.165, 1.54) is 5.56 Å². The van der Waals surface area contributed by atoms with Gasteiger partial charge in [0, 0.05) is 18.8 Å². The molecule has 2 fully saturated rings. The molecule has 5 nitrogen and oxygen atoms in total. The van der Waals surface area contributed by atoms with Crippen molar-refractivity contribution in [2.75, 3.05) is 25.0 Å². The van der Waals surface area contributed by atoms with Gasteiger partial charge in [-0.05, 0) is 62.4 Å². The van der Waals surface area contributed by atoms with Crippen LogP contribution in [0.4, 0.5) is 5.69 Å². The standard InChI is InChI=1S/C25H30N2O3/c1-2-30-24(29)25(14-15-25)21-10-12-22(13-11-21)26-23(28)20-9-6-16-27(18-20)17-19-7-4-3-5-8-19/h3-5,7-8,10-13,20H,2,6,9,14-18H2,1H3,(H,26,28). The van der Waals surface area contributed by atoms with Crippen LogP contribution in [0.1, 0.15) is 43.7 Å². The summed E-state index contributed by atoms with van der Waals surface area (Å²) in [6, 6.07) is 18.1. The average Bonchev–Trinajstić information content (AvgIpc) is 3.58. The number of piperidine rings is 1. The van der Waals surface area contributed by atoms with Gasteiger partial charge in [0.25, 0.3) is 0 Å². The van der Waals surface area contributed by atoms with Gasteiger partial charge in [-0.1, -0.05) is 42.5 Å². The molecule has 1 aliphatic heterocycles. The number of amides is 1. The van der Waals surface area contributed by atoms with Crippen molar-refractivity contribution < 1.29 is 14.3 Å². The van der Waals surface area contributed by atoms with Crippen LogP contribution < -0.4 is 5.32 Å². The summed E-state index contributed by atoms with van der Waals surface area (Å²) in [5.74, 6) is -0.0639. The first kappa shape index (κ1) is 20.6. The molecule has 4 rings (SSSR count). The first-order valence-electron chi connectivity index (χ1n) is 11.0. The first-order chi connectivity index (χ1) is 14.6. The first-order valence-corrected chi connectivity index (χ1v) is 11.0. The fourth-order valence-electron chi connectivity index (χ4n) is 4.38. The number of hydrogen-bond donors (Lipinski definition) is 1. The van der Waals surface area contributed by atoms with Crippen LogP contribution in [-0.4, -0.2) is 36.5 Å². The van der Waals surface area contributed by atoms with Crippen molar-refractivity contribution in [3.8, 4) is 0 Å². The molecule has 1 aliphatic carbocycles. The maximum Gasteiger partial charge on any atom is 0.316 e. The molecule has 1 saturated carbocycles. The minimum Gasteiger partial charge on any atom is -0.465 e. The number of hydrogen-bond acceptors (Lipinski definition) is 4. The maximum absolute atomic E-state index is 12.8. The largest absolute Gasteiger partial charge is 0.465 e. The van der Waals surface area contributed by atoms with Crippen LogP contribution in [0.2, 0.25) is 0 Å². The van der Waals surface area contributed by atoms with E-state index in [-0.39, 0.29) is 17.8 Å². The molecule has 30 heavy (non-hydrogen) atoms. The molecule has 2 aromatic carbocycles. The lowest BCUT2D eigenvalue weighted by molar-refractivity contribution is -0.146. The van der Waals surface area contributed by atoms with Crippen LogP contribution in [0.3, 0.4) is 0 Å². The van der Waals surface area contributed by atoms with E-state index in [9.17, 15) is 9.59 Å². The Morgan fingerprint density at radius 3 is 2.50 bits per heavy atom. The second-order valence-corrected chi connectivity index (χ2v) is 8.43. The Kier molecular flexibility index (Phi) is 6.18. The molecule has 1 amide bonds. The number of carbonyl (C=O) groups is 2. The number of rotatable bonds is 7. The summed E-state index contributed by atoms with van der Waals surface area (Å²) in [7, 11) is 0. The molecular weight excluding hydrogens is 376 g/mol. The zero-order chi connectivity index (χ0) is 21.0. The van der Waals surface area contributed by atoms with E-state index in [0.717, 1.165) is 56.6 Å². The smallest absolute Gasteiger partial charge is 0.316 e. The van der Waals surface area contributed by atoms with Gasteiger partial charge in [0.15, 0.2) is 0 Å². The lowest BCUT2D eigenvalue weighted by atomic mass is 9.95. The Bertz CT molecular complexity index is 875. The Labute approximate surface area is 178 Å². The third-order valence-electron chi connectivity index (χ3n) is 6.25. The van der Waals surface area contributed by atoms with E-state index >= 15 is 0 Å². The second-order valence-electron chi connectivity index (χ2n) is 8.43. The van der Waals surface area contributed by atoms with Crippen molar-refractivity contribution in [1.82, 2.24) is 4.90 Å². The molecule has 1 saturated heterocycles. The van der Waals surface area contributed by atoms with E-state index in [4.69, 9.17) is 4.74 Å². The van der Waals surface area contributed by atoms with Gasteiger partial charge >= 0.3 is 5.97 Å². The van der Waals surface area contributed by atoms with Crippen molar-refractivity contribution in [2.45, 2.75) is 44.6 Å². The van der Waals surface area contributed by atoms with Crippen molar-refractivity contribution in [3.63, 3.8) is 0 Å². The quantitative estimate of drug-likeness (QED) is 0.703. The van der Waals surface area contributed by atoms with Gasteiger partial charge in [0.05, 0.1) is 17.9 Å². The molecule has 2 aromatic rings. The summed E-state index contributed by atoms with van der Waals surface area (Å²) in [6.45, 7) is 4.93. The van der Waals surface area contributed by atoms with Crippen LogP contribution in [0.15, 0.2) is 54.6 Å². The van der Waals surface area contributed by atoms with E-state index in [1.807, 2.05) is 37.3 Å². The molecule has 1 heterocycles. The monoisotopic (exact) mass is 406 g/mol. The number of ether oxygens (including phenoxy) is 1. The lowest BCUT2D eigenvalue weighted by Gasteiger charge is -2.32. The third kappa shape index (κ3) is 4.57. The molecular formula is C25H30N2O3. The summed E-state index contributed by atoms with van der Waals surface area (Å²) in [5, 5.41) is 3.07. The summed E-state index contributed by atoms with van der Waals surface area (Å²) in [4.78, 5) is 27.5.